The highest BCUT2D eigenvalue weighted by atomic mass is 31.2. The van der Waals surface area contributed by atoms with Crippen molar-refractivity contribution < 1.29 is 14.0 Å². The van der Waals surface area contributed by atoms with E-state index in [0.29, 0.717) is 5.92 Å². The Labute approximate surface area is 98.1 Å². The van der Waals surface area contributed by atoms with Gasteiger partial charge in [0.2, 0.25) is 0 Å². The lowest BCUT2D eigenvalue weighted by atomic mass is 9.65. The van der Waals surface area contributed by atoms with Crippen LogP contribution in [-0.2, 0) is 9.09 Å². The standard InChI is InChI=1S/C12H23O3P/c1-10(2)9-6-7-11(10,3)12(4,8-9)15-16(5,13)14/h9H,6-8H2,1-5H3,(H,13,14)/t9-,11-,12+/m0/s1. The summed E-state index contributed by atoms with van der Waals surface area (Å²) in [5.74, 6) is 0.619. The van der Waals surface area contributed by atoms with Crippen LogP contribution >= 0.6 is 7.60 Å². The van der Waals surface area contributed by atoms with Crippen LogP contribution in [0.5, 0.6) is 0 Å². The first-order chi connectivity index (χ1) is 7.02. The van der Waals surface area contributed by atoms with E-state index in [1.165, 1.54) is 13.1 Å². The van der Waals surface area contributed by atoms with Gasteiger partial charge in [-0.2, -0.15) is 0 Å². The highest BCUT2D eigenvalue weighted by molar-refractivity contribution is 7.51. The minimum Gasteiger partial charge on any atom is -0.324 e. The Morgan fingerprint density at radius 3 is 2.19 bits per heavy atom. The van der Waals surface area contributed by atoms with Crippen LogP contribution in [0.1, 0.15) is 47.0 Å². The van der Waals surface area contributed by atoms with Crippen molar-refractivity contribution in [3.05, 3.63) is 0 Å². The lowest BCUT2D eigenvalue weighted by molar-refractivity contribution is -0.0584. The normalized spacial score (nSPS) is 49.2. The summed E-state index contributed by atoms with van der Waals surface area (Å²) in [7, 11) is -3.41. The Hall–Kier alpha value is 0.150. The summed E-state index contributed by atoms with van der Waals surface area (Å²) in [6.45, 7) is 10.1. The van der Waals surface area contributed by atoms with Gasteiger partial charge in [-0.05, 0) is 37.5 Å². The molecular formula is C12H23O3P. The van der Waals surface area contributed by atoms with E-state index in [9.17, 15) is 9.46 Å². The average Bonchev–Trinajstić information content (AvgIpc) is 2.32. The molecule has 0 saturated heterocycles. The molecule has 2 aliphatic carbocycles. The van der Waals surface area contributed by atoms with Gasteiger partial charge in [-0.25, -0.2) is 0 Å². The molecule has 1 N–H and O–H groups in total. The molecule has 16 heavy (non-hydrogen) atoms. The number of rotatable bonds is 2. The van der Waals surface area contributed by atoms with Crippen LogP contribution in [-0.4, -0.2) is 17.2 Å². The van der Waals surface area contributed by atoms with E-state index in [1.54, 1.807) is 0 Å². The molecule has 2 fully saturated rings. The molecule has 2 aliphatic rings. The molecule has 0 aromatic carbocycles. The molecular weight excluding hydrogens is 223 g/mol. The van der Waals surface area contributed by atoms with E-state index in [0.717, 1.165) is 12.8 Å². The molecule has 0 aromatic rings. The molecule has 1 unspecified atom stereocenters. The maximum absolute atomic E-state index is 11.5. The van der Waals surface area contributed by atoms with Crippen molar-refractivity contribution in [3.63, 3.8) is 0 Å². The van der Waals surface area contributed by atoms with Crippen LogP contribution in [0.4, 0.5) is 0 Å². The van der Waals surface area contributed by atoms with Crippen LogP contribution in [0, 0.1) is 16.7 Å². The summed E-state index contributed by atoms with van der Waals surface area (Å²) in [6.07, 6.45) is 3.23. The quantitative estimate of drug-likeness (QED) is 0.759. The second-order valence-corrected chi connectivity index (χ2v) is 8.41. The van der Waals surface area contributed by atoms with Gasteiger partial charge in [0, 0.05) is 12.1 Å². The SMILES string of the molecule is CC1(C)[C@H]2CC[C@]1(C)[C@](C)(OP(C)(=O)O)C2. The molecule has 0 heterocycles. The summed E-state index contributed by atoms with van der Waals surface area (Å²) in [4.78, 5) is 9.49. The Balaban J connectivity index is 2.37. The van der Waals surface area contributed by atoms with Crippen LogP contribution in [0.25, 0.3) is 0 Å². The minimum absolute atomic E-state index is 0.0130. The summed E-state index contributed by atoms with van der Waals surface area (Å²) < 4.78 is 17.1. The van der Waals surface area contributed by atoms with E-state index in [2.05, 4.69) is 20.8 Å². The molecule has 0 aliphatic heterocycles. The van der Waals surface area contributed by atoms with E-state index in [4.69, 9.17) is 4.52 Å². The zero-order valence-electron chi connectivity index (χ0n) is 10.9. The predicted molar refractivity (Wildman–Crippen MR) is 64.5 cm³/mol. The first-order valence-corrected chi connectivity index (χ1v) is 8.05. The fourth-order valence-corrected chi connectivity index (χ4v) is 5.13. The smallest absolute Gasteiger partial charge is 0.324 e. The summed E-state index contributed by atoms with van der Waals surface area (Å²) in [6, 6.07) is 0. The number of hydrogen-bond acceptors (Lipinski definition) is 2. The van der Waals surface area contributed by atoms with Crippen molar-refractivity contribution in [2.75, 3.05) is 6.66 Å². The van der Waals surface area contributed by atoms with Gasteiger partial charge in [-0.3, -0.25) is 4.57 Å². The average molecular weight is 246 g/mol. The minimum atomic E-state index is -3.41. The van der Waals surface area contributed by atoms with E-state index in [-0.39, 0.29) is 10.8 Å². The second kappa shape index (κ2) is 3.13. The number of fused-ring (bicyclic) bond motifs is 2. The van der Waals surface area contributed by atoms with Gasteiger partial charge in [0.15, 0.2) is 0 Å². The van der Waals surface area contributed by atoms with E-state index >= 15 is 0 Å². The molecule has 0 amide bonds. The van der Waals surface area contributed by atoms with Gasteiger partial charge in [-0.15, -0.1) is 0 Å². The third kappa shape index (κ3) is 1.45. The molecule has 0 spiro atoms. The lowest BCUT2D eigenvalue weighted by Crippen LogP contribution is -2.46. The molecule has 3 nitrogen and oxygen atoms in total. The van der Waals surface area contributed by atoms with Gasteiger partial charge < -0.3 is 9.42 Å². The van der Waals surface area contributed by atoms with Gasteiger partial charge in [0.05, 0.1) is 5.60 Å². The van der Waals surface area contributed by atoms with E-state index < -0.39 is 13.2 Å². The molecule has 2 saturated carbocycles. The highest BCUT2D eigenvalue weighted by Gasteiger charge is 2.68. The third-order valence-corrected chi connectivity index (χ3v) is 6.35. The van der Waals surface area contributed by atoms with Crippen LogP contribution < -0.4 is 0 Å². The maximum Gasteiger partial charge on any atom is 0.325 e. The Morgan fingerprint density at radius 2 is 1.88 bits per heavy atom. The van der Waals surface area contributed by atoms with Crippen molar-refractivity contribution in [2.45, 2.75) is 52.6 Å². The van der Waals surface area contributed by atoms with Gasteiger partial charge in [0.25, 0.3) is 0 Å². The highest BCUT2D eigenvalue weighted by Crippen LogP contribution is 2.72. The molecule has 94 valence electrons. The largest absolute Gasteiger partial charge is 0.325 e. The molecule has 0 radical (unpaired) electrons. The summed E-state index contributed by atoms with van der Waals surface area (Å²) in [5, 5.41) is 0. The third-order valence-electron chi connectivity index (χ3n) is 5.61. The van der Waals surface area contributed by atoms with Crippen LogP contribution in [0.2, 0.25) is 0 Å². The van der Waals surface area contributed by atoms with Crippen molar-refractivity contribution >= 4 is 7.60 Å². The zero-order chi connectivity index (χ0) is 12.4. The Morgan fingerprint density at radius 1 is 1.31 bits per heavy atom. The van der Waals surface area contributed by atoms with Gasteiger partial charge in [0.1, 0.15) is 0 Å². The second-order valence-electron chi connectivity index (χ2n) is 6.62. The summed E-state index contributed by atoms with van der Waals surface area (Å²) >= 11 is 0. The molecule has 0 aromatic heterocycles. The number of hydrogen-bond donors (Lipinski definition) is 1. The predicted octanol–water partition coefficient (Wildman–Crippen LogP) is 3.42. The first-order valence-electron chi connectivity index (χ1n) is 6.03. The van der Waals surface area contributed by atoms with Gasteiger partial charge in [-0.1, -0.05) is 20.8 Å². The zero-order valence-corrected chi connectivity index (χ0v) is 11.8. The monoisotopic (exact) mass is 246 g/mol. The molecule has 4 atom stereocenters. The molecule has 4 heteroatoms. The van der Waals surface area contributed by atoms with Crippen molar-refractivity contribution in [1.82, 2.24) is 0 Å². The van der Waals surface area contributed by atoms with Crippen molar-refractivity contribution in [2.24, 2.45) is 16.7 Å². The Bertz CT molecular complexity index is 359. The molecule has 2 bridgehead atoms. The van der Waals surface area contributed by atoms with E-state index in [1.807, 2.05) is 6.92 Å². The first kappa shape index (κ1) is 12.6. The Kier molecular flexibility index (Phi) is 2.46. The van der Waals surface area contributed by atoms with Crippen LogP contribution in [0.3, 0.4) is 0 Å². The topological polar surface area (TPSA) is 46.5 Å². The molecule has 2 rings (SSSR count). The fraction of sp³-hybridized carbons (Fsp3) is 1.00. The lowest BCUT2D eigenvalue weighted by Gasteiger charge is -2.46. The van der Waals surface area contributed by atoms with Gasteiger partial charge >= 0.3 is 7.60 Å². The summed E-state index contributed by atoms with van der Waals surface area (Å²) in [5.41, 5.74) is -0.228. The van der Waals surface area contributed by atoms with Crippen LogP contribution in [0.15, 0.2) is 0 Å². The van der Waals surface area contributed by atoms with Crippen molar-refractivity contribution in [3.8, 4) is 0 Å². The fourth-order valence-electron chi connectivity index (χ4n) is 4.11. The van der Waals surface area contributed by atoms with Crippen molar-refractivity contribution in [1.29, 1.82) is 0 Å². The maximum atomic E-state index is 11.5.